The van der Waals surface area contributed by atoms with Gasteiger partial charge in [-0.3, -0.25) is 0 Å². The molecule has 5 heteroatoms. The average molecular weight is 326 g/mol. The quantitative estimate of drug-likeness (QED) is 0.849. The first kappa shape index (κ1) is 13.7. The summed E-state index contributed by atoms with van der Waals surface area (Å²) in [6.45, 7) is 2.47. The Morgan fingerprint density at radius 2 is 1.95 bits per heavy atom. The summed E-state index contributed by atoms with van der Waals surface area (Å²) >= 11 is 3.07. The maximum atomic E-state index is 13.5. The van der Waals surface area contributed by atoms with Gasteiger partial charge >= 0.3 is 0 Å². The molecule has 2 N–H and O–H groups in total. The van der Waals surface area contributed by atoms with Gasteiger partial charge in [-0.25, -0.2) is 4.39 Å². The van der Waals surface area contributed by atoms with Gasteiger partial charge < -0.3 is 15.2 Å². The molecule has 0 atom stereocenters. The number of anilines is 1. The van der Waals surface area contributed by atoms with Crippen molar-refractivity contribution in [2.75, 3.05) is 12.3 Å². The van der Waals surface area contributed by atoms with Gasteiger partial charge in [0.05, 0.1) is 16.8 Å². The Kier molecular flexibility index (Phi) is 4.27. The Labute approximate surface area is 119 Å². The van der Waals surface area contributed by atoms with Gasteiger partial charge in [-0.2, -0.15) is 0 Å². The van der Waals surface area contributed by atoms with E-state index in [0.29, 0.717) is 28.3 Å². The second-order valence-corrected chi connectivity index (χ2v) is 4.67. The number of benzene rings is 2. The van der Waals surface area contributed by atoms with Crippen LogP contribution in [0.25, 0.3) is 0 Å². The number of nitrogens with two attached hydrogens (primary N) is 1. The molecule has 0 aliphatic carbocycles. The summed E-state index contributed by atoms with van der Waals surface area (Å²) in [5.41, 5.74) is 6.14. The van der Waals surface area contributed by atoms with Crippen LogP contribution in [0.4, 0.5) is 10.1 Å². The molecule has 100 valence electrons. The Bertz CT molecular complexity index is 590. The Hall–Kier alpha value is -1.75. The molecule has 2 aromatic carbocycles. The zero-order valence-corrected chi connectivity index (χ0v) is 11.9. The van der Waals surface area contributed by atoms with Gasteiger partial charge in [0.15, 0.2) is 5.75 Å². The average Bonchev–Trinajstić information content (AvgIpc) is 2.37. The molecule has 0 amide bonds. The zero-order valence-electron chi connectivity index (χ0n) is 10.3. The molecule has 0 radical (unpaired) electrons. The van der Waals surface area contributed by atoms with Crippen LogP contribution in [0.1, 0.15) is 6.92 Å². The van der Waals surface area contributed by atoms with Crippen molar-refractivity contribution in [2.24, 2.45) is 0 Å². The molecule has 0 aliphatic rings. The topological polar surface area (TPSA) is 44.5 Å². The Morgan fingerprint density at radius 1 is 1.21 bits per heavy atom. The van der Waals surface area contributed by atoms with E-state index in [1.807, 2.05) is 13.0 Å². The molecule has 2 rings (SSSR count). The Morgan fingerprint density at radius 3 is 2.68 bits per heavy atom. The van der Waals surface area contributed by atoms with E-state index in [2.05, 4.69) is 15.9 Å². The van der Waals surface area contributed by atoms with Crippen molar-refractivity contribution in [1.82, 2.24) is 0 Å². The monoisotopic (exact) mass is 325 g/mol. The van der Waals surface area contributed by atoms with E-state index >= 15 is 0 Å². The first-order chi connectivity index (χ1) is 9.10. The summed E-state index contributed by atoms with van der Waals surface area (Å²) in [6, 6.07) is 9.81. The van der Waals surface area contributed by atoms with Crippen molar-refractivity contribution in [1.29, 1.82) is 0 Å². The molecule has 2 aromatic rings. The van der Waals surface area contributed by atoms with Crippen LogP contribution in [0.15, 0.2) is 40.9 Å². The van der Waals surface area contributed by atoms with Crippen LogP contribution in [0, 0.1) is 5.82 Å². The van der Waals surface area contributed by atoms with Gasteiger partial charge in [0.25, 0.3) is 0 Å². The number of ether oxygens (including phenoxy) is 2. The van der Waals surface area contributed by atoms with E-state index in [9.17, 15) is 4.39 Å². The highest BCUT2D eigenvalue weighted by Gasteiger charge is 2.08. The molecule has 0 saturated heterocycles. The summed E-state index contributed by atoms with van der Waals surface area (Å²) in [6.07, 6.45) is 0. The lowest BCUT2D eigenvalue weighted by Crippen LogP contribution is -1.95. The van der Waals surface area contributed by atoms with Gasteiger partial charge in [0, 0.05) is 12.1 Å². The lowest BCUT2D eigenvalue weighted by Gasteiger charge is -2.10. The molecule has 19 heavy (non-hydrogen) atoms. The maximum absolute atomic E-state index is 13.5. The molecule has 0 aliphatic heterocycles. The summed E-state index contributed by atoms with van der Waals surface area (Å²) in [5.74, 6) is 1.08. The molecule has 0 bridgehead atoms. The molecule has 0 heterocycles. The highest BCUT2D eigenvalue weighted by Crippen LogP contribution is 2.33. The van der Waals surface area contributed by atoms with E-state index in [-0.39, 0.29) is 5.75 Å². The van der Waals surface area contributed by atoms with Crippen LogP contribution >= 0.6 is 15.9 Å². The summed E-state index contributed by atoms with van der Waals surface area (Å²) in [4.78, 5) is 0. The predicted octanol–water partition coefficient (Wildman–Crippen LogP) is 4.36. The van der Waals surface area contributed by atoms with Gasteiger partial charge in [-0.05, 0) is 41.1 Å². The van der Waals surface area contributed by atoms with E-state index in [4.69, 9.17) is 15.2 Å². The first-order valence-electron chi connectivity index (χ1n) is 5.75. The van der Waals surface area contributed by atoms with Gasteiger partial charge in [-0.15, -0.1) is 0 Å². The number of halogens is 2. The standard InChI is InChI=1S/C14H13BrFNO2/c1-2-18-9-4-3-5-10(6-9)19-14-8-12(16)11(15)7-13(14)17/h3-8H,2,17H2,1H3. The fourth-order valence-corrected chi connectivity index (χ4v) is 1.91. The minimum atomic E-state index is -0.426. The molecule has 0 spiro atoms. The summed E-state index contributed by atoms with van der Waals surface area (Å²) in [5, 5.41) is 0. The normalized spacial score (nSPS) is 10.3. The van der Waals surface area contributed by atoms with Crippen LogP contribution in [0.2, 0.25) is 0 Å². The summed E-state index contributed by atoms with van der Waals surface area (Å²) in [7, 11) is 0. The molecular formula is C14H13BrFNO2. The largest absolute Gasteiger partial charge is 0.494 e. The van der Waals surface area contributed by atoms with Crippen molar-refractivity contribution in [2.45, 2.75) is 6.92 Å². The van der Waals surface area contributed by atoms with Crippen molar-refractivity contribution in [3.8, 4) is 17.2 Å². The molecule has 0 unspecified atom stereocenters. The van der Waals surface area contributed by atoms with Crippen LogP contribution in [-0.2, 0) is 0 Å². The van der Waals surface area contributed by atoms with Crippen molar-refractivity contribution in [3.63, 3.8) is 0 Å². The van der Waals surface area contributed by atoms with Crippen molar-refractivity contribution < 1.29 is 13.9 Å². The van der Waals surface area contributed by atoms with E-state index in [1.165, 1.54) is 12.1 Å². The number of hydrogen-bond acceptors (Lipinski definition) is 3. The fourth-order valence-electron chi connectivity index (χ4n) is 1.55. The lowest BCUT2D eigenvalue weighted by molar-refractivity contribution is 0.338. The molecule has 0 aromatic heterocycles. The highest BCUT2D eigenvalue weighted by atomic mass is 79.9. The third-order valence-electron chi connectivity index (χ3n) is 2.40. The van der Waals surface area contributed by atoms with E-state index in [0.717, 1.165) is 0 Å². The minimum Gasteiger partial charge on any atom is -0.494 e. The summed E-state index contributed by atoms with van der Waals surface area (Å²) < 4.78 is 24.7. The van der Waals surface area contributed by atoms with Crippen LogP contribution in [-0.4, -0.2) is 6.61 Å². The van der Waals surface area contributed by atoms with Gasteiger partial charge in [0.2, 0.25) is 0 Å². The van der Waals surface area contributed by atoms with Crippen molar-refractivity contribution in [3.05, 3.63) is 46.7 Å². The maximum Gasteiger partial charge on any atom is 0.153 e. The lowest BCUT2D eigenvalue weighted by atomic mass is 10.3. The van der Waals surface area contributed by atoms with Crippen molar-refractivity contribution >= 4 is 21.6 Å². The van der Waals surface area contributed by atoms with Gasteiger partial charge in [0.1, 0.15) is 17.3 Å². The van der Waals surface area contributed by atoms with E-state index < -0.39 is 5.82 Å². The van der Waals surface area contributed by atoms with Crippen LogP contribution < -0.4 is 15.2 Å². The van der Waals surface area contributed by atoms with Gasteiger partial charge in [-0.1, -0.05) is 6.07 Å². The third kappa shape index (κ3) is 3.38. The highest BCUT2D eigenvalue weighted by molar-refractivity contribution is 9.10. The number of hydrogen-bond donors (Lipinski definition) is 1. The van der Waals surface area contributed by atoms with Crippen LogP contribution in [0.3, 0.4) is 0 Å². The SMILES string of the molecule is CCOc1cccc(Oc2cc(F)c(Br)cc2N)c1. The van der Waals surface area contributed by atoms with Crippen LogP contribution in [0.5, 0.6) is 17.2 Å². The zero-order chi connectivity index (χ0) is 13.8. The van der Waals surface area contributed by atoms with E-state index in [1.54, 1.807) is 18.2 Å². The Balaban J connectivity index is 2.25. The second-order valence-electron chi connectivity index (χ2n) is 3.81. The predicted molar refractivity (Wildman–Crippen MR) is 76.2 cm³/mol. The molecule has 0 saturated carbocycles. The number of rotatable bonds is 4. The number of nitrogen functional groups attached to an aromatic ring is 1. The fraction of sp³-hybridized carbons (Fsp3) is 0.143. The second kappa shape index (κ2) is 5.93. The first-order valence-corrected chi connectivity index (χ1v) is 6.54. The molecule has 0 fully saturated rings. The smallest absolute Gasteiger partial charge is 0.153 e. The molecule has 3 nitrogen and oxygen atoms in total. The third-order valence-corrected chi connectivity index (χ3v) is 3.00. The minimum absolute atomic E-state index is 0.273. The molecular weight excluding hydrogens is 313 g/mol.